The minimum atomic E-state index is -1.37. The predicted molar refractivity (Wildman–Crippen MR) is 116 cm³/mol. The van der Waals surface area contributed by atoms with Gasteiger partial charge in [0.1, 0.15) is 28.8 Å². The highest BCUT2D eigenvalue weighted by Crippen LogP contribution is 2.57. The maximum absolute atomic E-state index is 13.1. The van der Waals surface area contributed by atoms with Crippen LogP contribution in [0.5, 0.6) is 23.0 Å². The van der Waals surface area contributed by atoms with Crippen LogP contribution in [-0.4, -0.2) is 22.0 Å². The molecular formula is C26H22O6. The molecule has 162 valence electrons. The Kier molecular flexibility index (Phi) is 4.15. The molecule has 0 aromatic heterocycles. The van der Waals surface area contributed by atoms with Crippen LogP contribution in [0.1, 0.15) is 53.4 Å². The van der Waals surface area contributed by atoms with Crippen LogP contribution >= 0.6 is 0 Å². The van der Waals surface area contributed by atoms with Gasteiger partial charge in [-0.25, -0.2) is 4.79 Å². The maximum atomic E-state index is 13.1. The molecule has 2 aliphatic rings. The summed E-state index contributed by atoms with van der Waals surface area (Å²) in [7, 11) is 0. The third-order valence-electron chi connectivity index (χ3n) is 6.06. The van der Waals surface area contributed by atoms with Gasteiger partial charge in [-0.2, -0.15) is 0 Å². The molecule has 0 saturated carbocycles. The monoisotopic (exact) mass is 430 g/mol. The molecule has 2 N–H and O–H groups in total. The Labute approximate surface area is 185 Å². The normalized spacial score (nSPS) is 15.4. The van der Waals surface area contributed by atoms with Crippen LogP contribution in [0.3, 0.4) is 0 Å². The molecule has 0 aliphatic carbocycles. The number of rotatable bonds is 2. The summed E-state index contributed by atoms with van der Waals surface area (Å²) < 4.78 is 12.1. The highest BCUT2D eigenvalue weighted by Gasteiger charge is 2.54. The van der Waals surface area contributed by atoms with Crippen molar-refractivity contribution in [1.82, 2.24) is 0 Å². The summed E-state index contributed by atoms with van der Waals surface area (Å²) in [5.74, 6) is 0.113. The van der Waals surface area contributed by atoms with Crippen LogP contribution in [0.15, 0.2) is 54.6 Å². The van der Waals surface area contributed by atoms with Crippen LogP contribution in [0.2, 0.25) is 0 Å². The molecule has 0 radical (unpaired) electrons. The molecular weight excluding hydrogens is 408 g/mol. The highest BCUT2D eigenvalue weighted by molar-refractivity contribution is 5.98. The molecule has 6 nitrogen and oxygen atoms in total. The molecule has 5 rings (SSSR count). The molecule has 0 saturated heterocycles. The molecule has 2 aliphatic heterocycles. The van der Waals surface area contributed by atoms with Crippen molar-refractivity contribution in [2.45, 2.75) is 32.8 Å². The van der Waals surface area contributed by atoms with Gasteiger partial charge < -0.3 is 19.7 Å². The number of phenolic OH excluding ortho intramolecular Hbond substituents is 2. The Bertz CT molecular complexity index is 1250. The van der Waals surface area contributed by atoms with E-state index in [-0.39, 0.29) is 23.7 Å². The highest BCUT2D eigenvalue weighted by atomic mass is 16.6. The lowest BCUT2D eigenvalue weighted by atomic mass is 9.74. The van der Waals surface area contributed by atoms with E-state index < -0.39 is 17.0 Å². The van der Waals surface area contributed by atoms with Gasteiger partial charge in [0.05, 0.1) is 5.56 Å². The summed E-state index contributed by atoms with van der Waals surface area (Å²) in [5.41, 5.74) is 0.808. The number of hydrogen-bond donors (Lipinski definition) is 2. The fourth-order valence-electron chi connectivity index (χ4n) is 4.43. The van der Waals surface area contributed by atoms with Gasteiger partial charge in [-0.3, -0.25) is 4.79 Å². The van der Waals surface area contributed by atoms with Crippen molar-refractivity contribution in [3.8, 4) is 23.0 Å². The van der Waals surface area contributed by atoms with E-state index in [0.29, 0.717) is 39.3 Å². The number of ether oxygens (including phenoxy) is 2. The Morgan fingerprint density at radius 3 is 2.09 bits per heavy atom. The zero-order valence-electron chi connectivity index (χ0n) is 17.9. The Balaban J connectivity index is 1.84. The first-order valence-corrected chi connectivity index (χ1v) is 10.3. The largest absolute Gasteiger partial charge is 0.508 e. The number of Topliss-reactive ketones (excluding diaryl/α,β-unsaturated/α-hetero) is 1. The first kappa shape index (κ1) is 20.1. The molecule has 2 heterocycles. The second-order valence-corrected chi connectivity index (χ2v) is 9.22. The van der Waals surface area contributed by atoms with Crippen LogP contribution in [0.25, 0.3) is 0 Å². The number of fused-ring (bicyclic) bond motifs is 6. The third kappa shape index (κ3) is 2.79. The number of phenols is 2. The molecule has 32 heavy (non-hydrogen) atoms. The van der Waals surface area contributed by atoms with Crippen molar-refractivity contribution < 1.29 is 29.3 Å². The van der Waals surface area contributed by atoms with Crippen LogP contribution < -0.4 is 4.74 Å². The van der Waals surface area contributed by atoms with Crippen molar-refractivity contribution in [3.63, 3.8) is 0 Å². The van der Waals surface area contributed by atoms with E-state index in [0.717, 1.165) is 0 Å². The minimum Gasteiger partial charge on any atom is -0.508 e. The van der Waals surface area contributed by atoms with Gasteiger partial charge in [-0.05, 0) is 35.9 Å². The van der Waals surface area contributed by atoms with E-state index in [4.69, 9.17) is 9.47 Å². The first-order chi connectivity index (χ1) is 15.1. The molecule has 3 aromatic rings. The summed E-state index contributed by atoms with van der Waals surface area (Å²) in [6.45, 7) is 5.58. The Morgan fingerprint density at radius 1 is 0.938 bits per heavy atom. The van der Waals surface area contributed by atoms with Crippen molar-refractivity contribution in [3.05, 3.63) is 82.4 Å². The molecule has 3 aromatic carbocycles. The van der Waals surface area contributed by atoms with Gasteiger partial charge in [-0.1, -0.05) is 32.9 Å². The van der Waals surface area contributed by atoms with Crippen LogP contribution in [-0.2, 0) is 21.6 Å². The molecule has 0 fully saturated rings. The number of carbonyl (C=O) groups is 2. The predicted octanol–water partition coefficient (Wildman–Crippen LogP) is 4.82. The van der Waals surface area contributed by atoms with E-state index >= 15 is 0 Å². The second kappa shape index (κ2) is 6.60. The lowest BCUT2D eigenvalue weighted by Crippen LogP contribution is -2.34. The number of carbonyl (C=O) groups excluding carboxylic acids is 2. The minimum absolute atomic E-state index is 0.0109. The summed E-state index contributed by atoms with van der Waals surface area (Å²) in [4.78, 5) is 26.0. The maximum Gasteiger partial charge on any atom is 0.340 e. The molecule has 6 heteroatoms. The summed E-state index contributed by atoms with van der Waals surface area (Å²) in [6, 6.07) is 14.5. The van der Waals surface area contributed by atoms with Gasteiger partial charge in [0.2, 0.25) is 0 Å². The van der Waals surface area contributed by atoms with E-state index in [1.807, 2.05) is 26.8 Å². The zero-order valence-corrected chi connectivity index (χ0v) is 17.9. The number of hydrogen-bond acceptors (Lipinski definition) is 6. The summed E-state index contributed by atoms with van der Waals surface area (Å²) in [5, 5.41) is 20.1. The Morgan fingerprint density at radius 2 is 1.53 bits per heavy atom. The zero-order chi connectivity index (χ0) is 22.8. The fourth-order valence-corrected chi connectivity index (χ4v) is 4.43. The average Bonchev–Trinajstić information content (AvgIpc) is 3.01. The molecule has 1 spiro atoms. The van der Waals surface area contributed by atoms with Gasteiger partial charge in [-0.15, -0.1) is 0 Å². The number of esters is 1. The number of ketones is 1. The van der Waals surface area contributed by atoms with Crippen molar-refractivity contribution >= 4 is 11.8 Å². The lowest BCUT2D eigenvalue weighted by molar-refractivity contribution is -0.125. The van der Waals surface area contributed by atoms with Crippen molar-refractivity contribution in [2.24, 2.45) is 5.41 Å². The van der Waals surface area contributed by atoms with Crippen LogP contribution in [0, 0.1) is 5.41 Å². The topological polar surface area (TPSA) is 93.1 Å². The number of benzene rings is 3. The molecule has 0 unspecified atom stereocenters. The standard InChI is InChI=1S/C26H22O6/c1-25(2,3)22(29)11-14-5-4-6-17-23(14)26(32-24(17)30)18-9-7-15(27)12-20(18)31-21-13-16(28)8-10-19(21)26/h4-10,12-13,27-28H,11H2,1-3H3. The SMILES string of the molecule is CC(C)(C)C(=O)Cc1cccc2c1C1(OC2=O)c2ccc(O)cc2Oc2cc(O)ccc21. The fraction of sp³-hybridized carbons (Fsp3) is 0.231. The smallest absolute Gasteiger partial charge is 0.340 e. The van der Waals surface area contributed by atoms with E-state index in [1.54, 1.807) is 24.3 Å². The van der Waals surface area contributed by atoms with Crippen molar-refractivity contribution in [1.29, 1.82) is 0 Å². The lowest BCUT2D eigenvalue weighted by Gasteiger charge is -2.37. The first-order valence-electron chi connectivity index (χ1n) is 10.3. The quantitative estimate of drug-likeness (QED) is 0.566. The van der Waals surface area contributed by atoms with E-state index in [1.165, 1.54) is 24.3 Å². The van der Waals surface area contributed by atoms with E-state index in [2.05, 4.69) is 0 Å². The summed E-state index contributed by atoms with van der Waals surface area (Å²) in [6.07, 6.45) is 0.132. The van der Waals surface area contributed by atoms with Gasteiger partial charge in [0.15, 0.2) is 5.60 Å². The Hall–Kier alpha value is -3.80. The average molecular weight is 430 g/mol. The van der Waals surface area contributed by atoms with Crippen molar-refractivity contribution in [2.75, 3.05) is 0 Å². The third-order valence-corrected chi connectivity index (χ3v) is 6.06. The second-order valence-electron chi connectivity index (χ2n) is 9.22. The summed E-state index contributed by atoms with van der Waals surface area (Å²) >= 11 is 0. The van der Waals surface area contributed by atoms with Gasteiger partial charge in [0.25, 0.3) is 0 Å². The van der Waals surface area contributed by atoms with E-state index in [9.17, 15) is 19.8 Å². The molecule has 0 atom stereocenters. The molecule has 0 amide bonds. The molecule has 0 bridgehead atoms. The van der Waals surface area contributed by atoms with Crippen LogP contribution in [0.4, 0.5) is 0 Å². The van der Waals surface area contributed by atoms with Gasteiger partial charge >= 0.3 is 5.97 Å². The van der Waals surface area contributed by atoms with Gasteiger partial charge in [0, 0.05) is 40.7 Å². The number of aromatic hydroxyl groups is 2.